The van der Waals surface area contributed by atoms with Crippen LogP contribution in [0.4, 0.5) is 0 Å². The molecule has 20 heavy (non-hydrogen) atoms. The molecule has 0 radical (unpaired) electrons. The van der Waals surface area contributed by atoms with E-state index in [1.54, 1.807) is 18.2 Å². The lowest BCUT2D eigenvalue weighted by molar-refractivity contribution is -0.118. The number of rotatable bonds is 5. The molecule has 0 aromatic heterocycles. The molecule has 0 fully saturated rings. The topological polar surface area (TPSA) is 92.4 Å². The Morgan fingerprint density at radius 3 is 2.80 bits per heavy atom. The maximum Gasteiger partial charge on any atom is 0.251 e. The minimum absolute atomic E-state index is 0.209. The van der Waals surface area contributed by atoms with E-state index in [4.69, 9.17) is 10.8 Å². The van der Waals surface area contributed by atoms with Gasteiger partial charge in [0.05, 0.1) is 0 Å². The first-order valence-electron chi connectivity index (χ1n) is 6.31. The van der Waals surface area contributed by atoms with Crippen LogP contribution < -0.4 is 11.1 Å². The number of aryl methyl sites for hydroxylation is 1. The van der Waals surface area contributed by atoms with E-state index in [9.17, 15) is 9.59 Å². The van der Waals surface area contributed by atoms with Crippen molar-refractivity contribution in [2.45, 2.75) is 19.8 Å². The minimum Gasteiger partial charge on any atom is -0.384 e. The fraction of sp³-hybridized carbons (Fsp3) is 0.333. The summed E-state index contributed by atoms with van der Waals surface area (Å²) in [7, 11) is 0. The van der Waals surface area contributed by atoms with Gasteiger partial charge in [0.25, 0.3) is 5.91 Å². The van der Waals surface area contributed by atoms with E-state index >= 15 is 0 Å². The molecule has 1 aromatic carbocycles. The molecule has 0 aliphatic rings. The second kappa shape index (κ2) is 7.97. The van der Waals surface area contributed by atoms with Crippen molar-refractivity contribution in [3.8, 4) is 11.8 Å². The molecule has 0 bridgehead atoms. The van der Waals surface area contributed by atoms with Gasteiger partial charge in [0.1, 0.15) is 6.61 Å². The van der Waals surface area contributed by atoms with Crippen molar-refractivity contribution in [2.24, 2.45) is 5.73 Å². The van der Waals surface area contributed by atoms with Crippen molar-refractivity contribution < 1.29 is 14.7 Å². The molecule has 1 aromatic rings. The summed E-state index contributed by atoms with van der Waals surface area (Å²) in [6.07, 6.45) is 0.769. The minimum atomic E-state index is -0.378. The van der Waals surface area contributed by atoms with Crippen LogP contribution in [0.3, 0.4) is 0 Å². The van der Waals surface area contributed by atoms with Crippen LogP contribution >= 0.6 is 0 Å². The van der Waals surface area contributed by atoms with E-state index in [0.29, 0.717) is 24.1 Å². The normalized spacial score (nSPS) is 9.50. The van der Waals surface area contributed by atoms with Crippen LogP contribution in [0.1, 0.15) is 34.3 Å². The monoisotopic (exact) mass is 274 g/mol. The van der Waals surface area contributed by atoms with Gasteiger partial charge < -0.3 is 16.2 Å². The Morgan fingerprint density at radius 2 is 2.15 bits per heavy atom. The van der Waals surface area contributed by atoms with Gasteiger partial charge in [-0.05, 0) is 31.0 Å². The number of nitrogens with two attached hydrogens (primary N) is 1. The van der Waals surface area contributed by atoms with Crippen LogP contribution in [-0.2, 0) is 4.79 Å². The summed E-state index contributed by atoms with van der Waals surface area (Å²) in [4.78, 5) is 22.6. The van der Waals surface area contributed by atoms with E-state index in [1.807, 2.05) is 6.92 Å². The third-order valence-electron chi connectivity index (χ3n) is 2.68. The van der Waals surface area contributed by atoms with Gasteiger partial charge in [0.2, 0.25) is 5.91 Å². The molecule has 4 N–H and O–H groups in total. The first-order chi connectivity index (χ1) is 9.54. The Morgan fingerprint density at radius 1 is 1.40 bits per heavy atom. The number of benzene rings is 1. The molecular formula is C15H18N2O3. The first-order valence-corrected chi connectivity index (χ1v) is 6.31. The Hall–Kier alpha value is -2.32. The number of primary amides is 1. The molecule has 1 rings (SSSR count). The fourth-order valence-electron chi connectivity index (χ4n) is 1.65. The molecule has 0 spiro atoms. The second-order valence-corrected chi connectivity index (χ2v) is 4.32. The predicted molar refractivity (Wildman–Crippen MR) is 75.9 cm³/mol. The van der Waals surface area contributed by atoms with Crippen molar-refractivity contribution in [1.82, 2.24) is 5.32 Å². The Kier molecular flexibility index (Phi) is 6.27. The Labute approximate surface area is 118 Å². The Bertz CT molecular complexity index is 556. The van der Waals surface area contributed by atoms with Gasteiger partial charge in [-0.3, -0.25) is 9.59 Å². The van der Waals surface area contributed by atoms with Gasteiger partial charge in [-0.1, -0.05) is 17.9 Å². The summed E-state index contributed by atoms with van der Waals surface area (Å²) in [5.41, 5.74) is 7.07. The first kappa shape index (κ1) is 15.7. The molecular weight excluding hydrogens is 256 g/mol. The van der Waals surface area contributed by atoms with Crippen molar-refractivity contribution >= 4 is 11.8 Å². The third-order valence-corrected chi connectivity index (χ3v) is 2.68. The number of hydrogen-bond donors (Lipinski definition) is 3. The lowest BCUT2D eigenvalue weighted by Gasteiger charge is -2.07. The smallest absolute Gasteiger partial charge is 0.251 e. The molecule has 5 heteroatoms. The zero-order chi connectivity index (χ0) is 15.0. The summed E-state index contributed by atoms with van der Waals surface area (Å²) >= 11 is 0. The van der Waals surface area contributed by atoms with E-state index in [-0.39, 0.29) is 24.8 Å². The number of hydrogen-bond acceptors (Lipinski definition) is 3. The molecule has 0 atom stereocenters. The van der Waals surface area contributed by atoms with Crippen LogP contribution in [-0.4, -0.2) is 30.1 Å². The molecule has 2 amide bonds. The van der Waals surface area contributed by atoms with Gasteiger partial charge in [0, 0.05) is 24.1 Å². The van der Waals surface area contributed by atoms with Crippen LogP contribution in [0.5, 0.6) is 0 Å². The van der Waals surface area contributed by atoms with Gasteiger partial charge >= 0.3 is 0 Å². The zero-order valence-electron chi connectivity index (χ0n) is 11.4. The lowest BCUT2D eigenvalue weighted by atomic mass is 10.0. The lowest BCUT2D eigenvalue weighted by Crippen LogP contribution is -2.26. The fourth-order valence-corrected chi connectivity index (χ4v) is 1.65. The van der Waals surface area contributed by atoms with Crippen molar-refractivity contribution in [3.63, 3.8) is 0 Å². The van der Waals surface area contributed by atoms with Gasteiger partial charge in [0.15, 0.2) is 0 Å². The second-order valence-electron chi connectivity index (χ2n) is 4.32. The highest BCUT2D eigenvalue weighted by molar-refractivity contribution is 5.96. The number of carbonyl (C=O) groups is 2. The van der Waals surface area contributed by atoms with E-state index < -0.39 is 0 Å². The highest BCUT2D eigenvalue weighted by Gasteiger charge is 2.09. The van der Waals surface area contributed by atoms with Crippen LogP contribution in [0, 0.1) is 18.8 Å². The quantitative estimate of drug-likeness (QED) is 0.534. The number of aliphatic hydroxyl groups excluding tert-OH is 1. The van der Waals surface area contributed by atoms with Gasteiger partial charge in [-0.25, -0.2) is 0 Å². The molecule has 0 aliphatic heterocycles. The van der Waals surface area contributed by atoms with Crippen LogP contribution in [0.25, 0.3) is 0 Å². The van der Waals surface area contributed by atoms with Crippen LogP contribution in [0.15, 0.2) is 18.2 Å². The van der Waals surface area contributed by atoms with E-state index in [0.717, 1.165) is 5.56 Å². The molecule has 0 saturated carbocycles. The van der Waals surface area contributed by atoms with Crippen molar-refractivity contribution in [2.75, 3.05) is 13.2 Å². The third kappa shape index (κ3) is 5.12. The van der Waals surface area contributed by atoms with Crippen LogP contribution in [0.2, 0.25) is 0 Å². The number of carbonyl (C=O) groups excluding carboxylic acids is 2. The molecule has 106 valence electrons. The maximum absolute atomic E-state index is 12.0. The predicted octanol–water partition coefficient (Wildman–Crippen LogP) is 0.334. The molecule has 0 saturated heterocycles. The molecule has 0 unspecified atom stereocenters. The SMILES string of the molecule is Cc1ccc(C#CCO)cc1C(=O)NCCCC(N)=O. The molecule has 5 nitrogen and oxygen atoms in total. The summed E-state index contributed by atoms with van der Waals surface area (Å²) in [5, 5.41) is 11.4. The summed E-state index contributed by atoms with van der Waals surface area (Å²) in [6, 6.07) is 5.28. The number of aliphatic hydroxyl groups is 1. The van der Waals surface area contributed by atoms with E-state index in [1.165, 1.54) is 0 Å². The Balaban J connectivity index is 2.69. The van der Waals surface area contributed by atoms with Gasteiger partial charge in [-0.2, -0.15) is 0 Å². The van der Waals surface area contributed by atoms with Crippen molar-refractivity contribution in [3.05, 3.63) is 34.9 Å². The van der Waals surface area contributed by atoms with Crippen molar-refractivity contribution in [1.29, 1.82) is 0 Å². The molecule has 0 heterocycles. The summed E-state index contributed by atoms with van der Waals surface area (Å²) < 4.78 is 0. The van der Waals surface area contributed by atoms with E-state index in [2.05, 4.69) is 17.2 Å². The molecule has 0 aliphatic carbocycles. The maximum atomic E-state index is 12.0. The standard InChI is InChI=1S/C15H18N2O3/c1-11-6-7-12(4-3-9-18)10-13(11)15(20)17-8-2-5-14(16)19/h6-7,10,18H,2,5,8-9H2,1H3,(H2,16,19)(H,17,20). The average molecular weight is 274 g/mol. The number of amides is 2. The average Bonchev–Trinajstić information content (AvgIpc) is 2.42. The highest BCUT2D eigenvalue weighted by atomic mass is 16.2. The summed E-state index contributed by atoms with van der Waals surface area (Å²) in [5.74, 6) is 4.71. The van der Waals surface area contributed by atoms with Gasteiger partial charge in [-0.15, -0.1) is 0 Å². The summed E-state index contributed by atoms with van der Waals surface area (Å²) in [6.45, 7) is 2.01. The zero-order valence-corrected chi connectivity index (χ0v) is 11.4. The largest absolute Gasteiger partial charge is 0.384 e. The number of nitrogens with one attached hydrogen (secondary N) is 1. The highest BCUT2D eigenvalue weighted by Crippen LogP contribution is 2.10.